The molecule has 19 heavy (non-hydrogen) atoms. The predicted molar refractivity (Wildman–Crippen MR) is 72.1 cm³/mol. The number of anilines is 1. The zero-order chi connectivity index (χ0) is 13.8. The van der Waals surface area contributed by atoms with Crippen molar-refractivity contribution in [2.75, 3.05) is 18.4 Å². The Morgan fingerprint density at radius 2 is 2.16 bits per heavy atom. The van der Waals surface area contributed by atoms with Gasteiger partial charge in [-0.3, -0.25) is 14.9 Å². The molecular weight excluding hydrogens is 246 g/mol. The van der Waals surface area contributed by atoms with Crippen LogP contribution in [0.15, 0.2) is 18.2 Å². The summed E-state index contributed by atoms with van der Waals surface area (Å²) in [5, 5.41) is 16.7. The van der Waals surface area contributed by atoms with Crippen molar-refractivity contribution in [3.05, 3.63) is 33.9 Å². The van der Waals surface area contributed by atoms with E-state index in [9.17, 15) is 14.9 Å². The van der Waals surface area contributed by atoms with E-state index < -0.39 is 4.92 Å². The van der Waals surface area contributed by atoms with Crippen molar-refractivity contribution in [2.45, 2.75) is 19.8 Å². The average Bonchev–Trinajstić information content (AvgIpc) is 3.18. The van der Waals surface area contributed by atoms with Crippen LogP contribution in [0.2, 0.25) is 0 Å². The molecular formula is C13H17N3O3. The third-order valence-corrected chi connectivity index (χ3v) is 3.09. The second-order valence-corrected chi connectivity index (χ2v) is 4.75. The van der Waals surface area contributed by atoms with E-state index >= 15 is 0 Å². The Morgan fingerprint density at radius 3 is 2.74 bits per heavy atom. The minimum atomic E-state index is -0.394. The number of rotatable bonds is 6. The van der Waals surface area contributed by atoms with Crippen LogP contribution in [0, 0.1) is 23.0 Å². The van der Waals surface area contributed by atoms with E-state index in [1.54, 1.807) is 19.1 Å². The van der Waals surface area contributed by atoms with Crippen LogP contribution in [-0.2, 0) is 4.79 Å². The van der Waals surface area contributed by atoms with Gasteiger partial charge in [-0.05, 0) is 31.9 Å². The molecule has 2 N–H and O–H groups in total. The highest BCUT2D eigenvalue weighted by Gasteiger charge is 2.28. The second-order valence-electron chi connectivity index (χ2n) is 4.75. The molecule has 0 heterocycles. The molecule has 2 rings (SSSR count). The number of nitrogens with one attached hydrogen (secondary N) is 2. The summed E-state index contributed by atoms with van der Waals surface area (Å²) in [5.41, 5.74) is 1.56. The number of carbonyl (C=O) groups excluding carboxylic acids is 1. The molecule has 6 heteroatoms. The highest BCUT2D eigenvalue weighted by molar-refractivity contribution is 5.80. The van der Waals surface area contributed by atoms with Crippen molar-refractivity contribution in [3.63, 3.8) is 0 Å². The zero-order valence-corrected chi connectivity index (χ0v) is 10.8. The van der Waals surface area contributed by atoms with Gasteiger partial charge < -0.3 is 10.6 Å². The van der Waals surface area contributed by atoms with E-state index in [2.05, 4.69) is 10.6 Å². The largest absolute Gasteiger partial charge is 0.383 e. The highest BCUT2D eigenvalue weighted by atomic mass is 16.6. The fourth-order valence-electron chi connectivity index (χ4n) is 1.85. The lowest BCUT2D eigenvalue weighted by Gasteiger charge is -2.08. The fourth-order valence-corrected chi connectivity index (χ4v) is 1.85. The summed E-state index contributed by atoms with van der Waals surface area (Å²) in [6, 6.07) is 4.90. The van der Waals surface area contributed by atoms with Gasteiger partial charge in [0.15, 0.2) is 0 Å². The Bertz CT molecular complexity index is 498. The zero-order valence-electron chi connectivity index (χ0n) is 10.8. The van der Waals surface area contributed by atoms with E-state index in [0.717, 1.165) is 18.5 Å². The Labute approximate surface area is 111 Å². The van der Waals surface area contributed by atoms with Gasteiger partial charge in [0.2, 0.25) is 5.91 Å². The molecule has 0 bridgehead atoms. The lowest BCUT2D eigenvalue weighted by atomic mass is 10.2. The number of amides is 1. The van der Waals surface area contributed by atoms with E-state index in [0.29, 0.717) is 18.7 Å². The molecule has 102 valence electrons. The molecule has 0 radical (unpaired) electrons. The summed E-state index contributed by atoms with van der Waals surface area (Å²) >= 11 is 0. The van der Waals surface area contributed by atoms with E-state index in [1.807, 2.05) is 0 Å². The number of benzene rings is 1. The number of nitrogens with zero attached hydrogens (tertiary/aromatic N) is 1. The first-order chi connectivity index (χ1) is 9.08. The maximum atomic E-state index is 11.4. The SMILES string of the molecule is Cc1cc(NCCNC(=O)C2CC2)ccc1[N+](=O)[O-]. The van der Waals surface area contributed by atoms with Crippen molar-refractivity contribution in [1.82, 2.24) is 5.32 Å². The number of nitro groups is 1. The summed E-state index contributed by atoms with van der Waals surface area (Å²) in [5.74, 6) is 0.350. The van der Waals surface area contributed by atoms with Crippen LogP contribution >= 0.6 is 0 Å². The quantitative estimate of drug-likeness (QED) is 0.466. The van der Waals surface area contributed by atoms with Crippen LogP contribution in [0.25, 0.3) is 0 Å². The molecule has 1 fully saturated rings. The molecule has 1 aliphatic rings. The Morgan fingerprint density at radius 1 is 1.42 bits per heavy atom. The van der Waals surface area contributed by atoms with Crippen molar-refractivity contribution in [1.29, 1.82) is 0 Å². The minimum Gasteiger partial charge on any atom is -0.383 e. The van der Waals surface area contributed by atoms with E-state index in [-0.39, 0.29) is 17.5 Å². The number of hydrogen-bond acceptors (Lipinski definition) is 4. The lowest BCUT2D eigenvalue weighted by Crippen LogP contribution is -2.29. The predicted octanol–water partition coefficient (Wildman–Crippen LogP) is 1.84. The van der Waals surface area contributed by atoms with Gasteiger partial charge in [-0.25, -0.2) is 0 Å². The molecule has 0 spiro atoms. The van der Waals surface area contributed by atoms with Crippen molar-refractivity contribution in [3.8, 4) is 0 Å². The molecule has 0 aliphatic heterocycles. The minimum absolute atomic E-state index is 0.118. The van der Waals surface area contributed by atoms with Crippen LogP contribution in [0.5, 0.6) is 0 Å². The standard InChI is InChI=1S/C13H17N3O3/c1-9-8-11(4-5-12(9)16(18)19)14-6-7-15-13(17)10-2-3-10/h4-5,8,10,14H,2-3,6-7H2,1H3,(H,15,17). The smallest absolute Gasteiger partial charge is 0.272 e. The molecule has 1 aliphatic carbocycles. The molecule has 0 atom stereocenters. The summed E-state index contributed by atoms with van der Waals surface area (Å²) in [6.07, 6.45) is 2.00. The Kier molecular flexibility index (Phi) is 3.99. The van der Waals surface area contributed by atoms with Gasteiger partial charge in [-0.15, -0.1) is 0 Å². The number of carbonyl (C=O) groups is 1. The summed E-state index contributed by atoms with van der Waals surface area (Å²) in [4.78, 5) is 21.7. The first kappa shape index (κ1) is 13.3. The van der Waals surface area contributed by atoms with Crippen LogP contribution in [0.1, 0.15) is 18.4 Å². The lowest BCUT2D eigenvalue weighted by molar-refractivity contribution is -0.385. The molecule has 0 saturated heterocycles. The maximum absolute atomic E-state index is 11.4. The summed E-state index contributed by atoms with van der Waals surface area (Å²) < 4.78 is 0. The molecule has 1 aromatic carbocycles. The fraction of sp³-hybridized carbons (Fsp3) is 0.462. The van der Waals surface area contributed by atoms with Crippen molar-refractivity contribution < 1.29 is 9.72 Å². The third kappa shape index (κ3) is 3.67. The van der Waals surface area contributed by atoms with Gasteiger partial charge in [0.1, 0.15) is 0 Å². The van der Waals surface area contributed by atoms with Crippen LogP contribution < -0.4 is 10.6 Å². The molecule has 1 saturated carbocycles. The monoisotopic (exact) mass is 263 g/mol. The number of nitro benzene ring substituents is 1. The van der Waals surface area contributed by atoms with Gasteiger partial charge >= 0.3 is 0 Å². The molecule has 0 unspecified atom stereocenters. The topological polar surface area (TPSA) is 84.3 Å². The van der Waals surface area contributed by atoms with E-state index in [1.165, 1.54) is 6.07 Å². The maximum Gasteiger partial charge on any atom is 0.272 e. The summed E-state index contributed by atoms with van der Waals surface area (Å²) in [6.45, 7) is 2.87. The summed E-state index contributed by atoms with van der Waals surface area (Å²) in [7, 11) is 0. The second kappa shape index (κ2) is 5.69. The van der Waals surface area contributed by atoms with Gasteiger partial charge in [-0.1, -0.05) is 0 Å². The van der Waals surface area contributed by atoms with Gasteiger partial charge in [0.25, 0.3) is 5.69 Å². The Hall–Kier alpha value is -2.11. The van der Waals surface area contributed by atoms with Gasteiger partial charge in [-0.2, -0.15) is 0 Å². The van der Waals surface area contributed by atoms with E-state index in [4.69, 9.17) is 0 Å². The molecule has 6 nitrogen and oxygen atoms in total. The van der Waals surface area contributed by atoms with Gasteiger partial charge in [0.05, 0.1) is 4.92 Å². The highest BCUT2D eigenvalue weighted by Crippen LogP contribution is 2.28. The molecule has 1 aromatic rings. The number of hydrogen-bond donors (Lipinski definition) is 2. The molecule has 1 amide bonds. The van der Waals surface area contributed by atoms with Crippen LogP contribution in [-0.4, -0.2) is 23.9 Å². The van der Waals surface area contributed by atoms with Crippen LogP contribution in [0.3, 0.4) is 0 Å². The molecule has 0 aromatic heterocycles. The average molecular weight is 263 g/mol. The van der Waals surface area contributed by atoms with Gasteiger partial charge in [0, 0.05) is 36.3 Å². The van der Waals surface area contributed by atoms with Crippen LogP contribution in [0.4, 0.5) is 11.4 Å². The van der Waals surface area contributed by atoms with Crippen molar-refractivity contribution in [2.24, 2.45) is 5.92 Å². The first-order valence-electron chi connectivity index (χ1n) is 6.34. The first-order valence-corrected chi connectivity index (χ1v) is 6.34. The van der Waals surface area contributed by atoms with Crippen molar-refractivity contribution >= 4 is 17.3 Å². The third-order valence-electron chi connectivity index (χ3n) is 3.09. The number of aryl methyl sites for hydroxylation is 1. The normalized spacial score (nSPS) is 13.9. The Balaban J connectivity index is 1.77.